The average Bonchev–Trinajstić information content (AvgIpc) is 2.64. The molecule has 0 aliphatic rings. The minimum atomic E-state index is -0.262. The summed E-state index contributed by atoms with van der Waals surface area (Å²) in [6, 6.07) is 0. The Morgan fingerprint density at radius 2 is 2.43 bits per heavy atom. The number of aromatic amines is 2. The number of nitrogens with one attached hydrogen (secondary N) is 2. The highest BCUT2D eigenvalue weighted by atomic mass is 35.5. The summed E-state index contributed by atoms with van der Waals surface area (Å²) in [5.74, 6) is 0.494. The Morgan fingerprint density at radius 3 is 3.14 bits per heavy atom. The van der Waals surface area contributed by atoms with Crippen LogP contribution < -0.4 is 5.56 Å². The SMILES string of the molecule is CCC(Cl)c1nc2cn[nH]c2c(=O)[nH]1. The molecule has 0 spiro atoms. The molecule has 0 aromatic carbocycles. The van der Waals surface area contributed by atoms with Crippen LogP contribution in [0.4, 0.5) is 0 Å². The van der Waals surface area contributed by atoms with Gasteiger partial charge in [-0.05, 0) is 6.42 Å². The normalized spacial score (nSPS) is 13.3. The number of hydrogen-bond acceptors (Lipinski definition) is 3. The van der Waals surface area contributed by atoms with E-state index in [1.807, 2.05) is 6.92 Å². The molecular formula is C8H9ClN4O. The number of fused-ring (bicyclic) bond motifs is 1. The van der Waals surface area contributed by atoms with Crippen LogP contribution in [-0.4, -0.2) is 20.2 Å². The third-order valence-electron chi connectivity index (χ3n) is 1.98. The summed E-state index contributed by atoms with van der Waals surface area (Å²) >= 11 is 5.97. The zero-order valence-corrected chi connectivity index (χ0v) is 8.30. The maximum atomic E-state index is 11.5. The van der Waals surface area contributed by atoms with Crippen LogP contribution in [0, 0.1) is 0 Å². The molecular weight excluding hydrogens is 204 g/mol. The summed E-state index contributed by atoms with van der Waals surface area (Å²) < 4.78 is 0. The topological polar surface area (TPSA) is 74.4 Å². The number of hydrogen-bond donors (Lipinski definition) is 2. The van der Waals surface area contributed by atoms with Crippen LogP contribution in [0.1, 0.15) is 24.5 Å². The van der Waals surface area contributed by atoms with Gasteiger partial charge in [0.1, 0.15) is 16.9 Å². The van der Waals surface area contributed by atoms with E-state index in [1.54, 1.807) is 0 Å². The highest BCUT2D eigenvalue weighted by Gasteiger charge is 2.11. The highest BCUT2D eigenvalue weighted by Crippen LogP contribution is 2.19. The molecule has 2 rings (SSSR count). The van der Waals surface area contributed by atoms with Gasteiger partial charge in [-0.15, -0.1) is 11.6 Å². The number of nitrogens with zero attached hydrogens (tertiary/aromatic N) is 2. The van der Waals surface area contributed by atoms with E-state index in [2.05, 4.69) is 20.2 Å². The van der Waals surface area contributed by atoms with Gasteiger partial charge < -0.3 is 4.98 Å². The Morgan fingerprint density at radius 1 is 1.64 bits per heavy atom. The van der Waals surface area contributed by atoms with E-state index in [0.717, 1.165) is 0 Å². The fourth-order valence-electron chi connectivity index (χ4n) is 1.21. The zero-order chi connectivity index (χ0) is 10.1. The Balaban J connectivity index is 2.64. The van der Waals surface area contributed by atoms with Crippen LogP contribution in [0.5, 0.6) is 0 Å². The zero-order valence-electron chi connectivity index (χ0n) is 7.54. The molecule has 5 nitrogen and oxygen atoms in total. The van der Waals surface area contributed by atoms with Crippen molar-refractivity contribution in [2.45, 2.75) is 18.7 Å². The molecule has 74 valence electrons. The Bertz CT molecular complexity index is 503. The second-order valence-electron chi connectivity index (χ2n) is 2.96. The van der Waals surface area contributed by atoms with E-state index in [1.165, 1.54) is 6.20 Å². The second kappa shape index (κ2) is 3.42. The van der Waals surface area contributed by atoms with Crippen molar-refractivity contribution in [1.29, 1.82) is 0 Å². The summed E-state index contributed by atoms with van der Waals surface area (Å²) in [4.78, 5) is 18.3. The molecule has 1 unspecified atom stereocenters. The fraction of sp³-hybridized carbons (Fsp3) is 0.375. The van der Waals surface area contributed by atoms with Crippen molar-refractivity contribution in [3.05, 3.63) is 22.4 Å². The van der Waals surface area contributed by atoms with Crippen LogP contribution in [0.15, 0.2) is 11.0 Å². The number of halogens is 1. The number of rotatable bonds is 2. The van der Waals surface area contributed by atoms with Crippen molar-refractivity contribution in [3.63, 3.8) is 0 Å². The van der Waals surface area contributed by atoms with E-state index in [9.17, 15) is 4.79 Å². The summed E-state index contributed by atoms with van der Waals surface area (Å²) in [5.41, 5.74) is 0.693. The monoisotopic (exact) mass is 212 g/mol. The predicted molar refractivity (Wildman–Crippen MR) is 53.4 cm³/mol. The van der Waals surface area contributed by atoms with Gasteiger partial charge >= 0.3 is 0 Å². The highest BCUT2D eigenvalue weighted by molar-refractivity contribution is 6.20. The predicted octanol–water partition coefficient (Wildman–Crippen LogP) is 1.34. The van der Waals surface area contributed by atoms with Crippen molar-refractivity contribution < 1.29 is 0 Å². The summed E-state index contributed by atoms with van der Waals surface area (Å²) in [7, 11) is 0. The first-order chi connectivity index (χ1) is 6.72. The van der Waals surface area contributed by atoms with E-state index < -0.39 is 0 Å². The Labute approximate surface area is 84.5 Å². The number of aromatic nitrogens is 4. The molecule has 0 fully saturated rings. The summed E-state index contributed by atoms with van der Waals surface area (Å²) in [5, 5.41) is 6.05. The lowest BCUT2D eigenvalue weighted by atomic mass is 10.3. The van der Waals surface area contributed by atoms with Gasteiger partial charge in [0.05, 0.1) is 11.6 Å². The van der Waals surface area contributed by atoms with Gasteiger partial charge in [0.25, 0.3) is 5.56 Å². The van der Waals surface area contributed by atoms with Crippen molar-refractivity contribution in [2.24, 2.45) is 0 Å². The molecule has 1 atom stereocenters. The van der Waals surface area contributed by atoms with Crippen LogP contribution in [0.3, 0.4) is 0 Å². The molecule has 0 saturated heterocycles. The van der Waals surface area contributed by atoms with Gasteiger partial charge in [0.15, 0.2) is 0 Å². The lowest BCUT2D eigenvalue weighted by Crippen LogP contribution is -2.12. The van der Waals surface area contributed by atoms with E-state index in [-0.39, 0.29) is 10.9 Å². The van der Waals surface area contributed by atoms with Crippen molar-refractivity contribution >= 4 is 22.6 Å². The smallest absolute Gasteiger partial charge is 0.276 e. The maximum Gasteiger partial charge on any atom is 0.276 e. The lowest BCUT2D eigenvalue weighted by molar-refractivity contribution is 0.805. The molecule has 0 saturated carbocycles. The number of alkyl halides is 1. The first kappa shape index (κ1) is 9.21. The molecule has 2 N–H and O–H groups in total. The summed E-state index contributed by atoms with van der Waals surface area (Å²) in [6.45, 7) is 1.93. The maximum absolute atomic E-state index is 11.5. The molecule has 2 heterocycles. The quantitative estimate of drug-likeness (QED) is 0.738. The van der Waals surface area contributed by atoms with Gasteiger partial charge in [0, 0.05) is 0 Å². The minimum absolute atomic E-state index is 0.235. The molecule has 0 bridgehead atoms. The minimum Gasteiger partial charge on any atom is -0.307 e. The van der Waals surface area contributed by atoms with Crippen LogP contribution >= 0.6 is 11.6 Å². The van der Waals surface area contributed by atoms with Crippen LogP contribution in [-0.2, 0) is 0 Å². The average molecular weight is 213 g/mol. The number of H-pyrrole nitrogens is 2. The van der Waals surface area contributed by atoms with Gasteiger partial charge in [-0.1, -0.05) is 6.92 Å². The van der Waals surface area contributed by atoms with Crippen molar-refractivity contribution in [2.75, 3.05) is 0 Å². The van der Waals surface area contributed by atoms with Crippen LogP contribution in [0.25, 0.3) is 11.0 Å². The summed E-state index contributed by atoms with van der Waals surface area (Å²) in [6.07, 6.45) is 2.22. The fourth-order valence-corrected chi connectivity index (χ4v) is 1.31. The Hall–Kier alpha value is -1.36. The van der Waals surface area contributed by atoms with Crippen LogP contribution in [0.2, 0.25) is 0 Å². The molecule has 0 amide bonds. The molecule has 0 radical (unpaired) electrons. The Kier molecular flexibility index (Phi) is 2.25. The van der Waals surface area contributed by atoms with Gasteiger partial charge in [-0.25, -0.2) is 4.98 Å². The first-order valence-corrected chi connectivity index (χ1v) is 4.73. The van der Waals surface area contributed by atoms with E-state index >= 15 is 0 Å². The third kappa shape index (κ3) is 1.39. The van der Waals surface area contributed by atoms with Crippen molar-refractivity contribution in [3.8, 4) is 0 Å². The molecule has 14 heavy (non-hydrogen) atoms. The van der Waals surface area contributed by atoms with E-state index in [0.29, 0.717) is 23.3 Å². The van der Waals surface area contributed by atoms with Gasteiger partial charge in [-0.2, -0.15) is 5.10 Å². The van der Waals surface area contributed by atoms with Crippen molar-refractivity contribution in [1.82, 2.24) is 20.2 Å². The third-order valence-corrected chi connectivity index (χ3v) is 2.50. The lowest BCUT2D eigenvalue weighted by Gasteiger charge is -2.04. The van der Waals surface area contributed by atoms with Gasteiger partial charge in [0.2, 0.25) is 0 Å². The molecule has 2 aromatic rings. The van der Waals surface area contributed by atoms with Gasteiger partial charge in [-0.3, -0.25) is 9.89 Å². The molecule has 6 heteroatoms. The van der Waals surface area contributed by atoms with E-state index in [4.69, 9.17) is 11.6 Å². The standard InChI is InChI=1S/C8H9ClN4O/c1-2-4(9)7-11-5-3-10-13-6(5)8(14)12-7/h3-4H,2H2,1H3,(H,10,13)(H,11,12,14). The second-order valence-corrected chi connectivity index (χ2v) is 3.48. The first-order valence-electron chi connectivity index (χ1n) is 4.29. The molecule has 0 aliphatic carbocycles. The molecule has 2 aromatic heterocycles. The largest absolute Gasteiger partial charge is 0.307 e. The molecule has 0 aliphatic heterocycles.